The highest BCUT2D eigenvalue weighted by Crippen LogP contribution is 2.48. The summed E-state index contributed by atoms with van der Waals surface area (Å²) in [5, 5.41) is 7.00. The molecule has 0 unspecified atom stereocenters. The average Bonchev–Trinajstić information content (AvgIpc) is 3.84. The highest BCUT2D eigenvalue weighted by atomic mass is 35.5. The molecule has 38 heavy (non-hydrogen) atoms. The van der Waals surface area contributed by atoms with E-state index in [4.69, 9.17) is 21.3 Å². The van der Waals surface area contributed by atoms with E-state index in [9.17, 15) is 9.59 Å². The van der Waals surface area contributed by atoms with Crippen molar-refractivity contribution in [2.75, 3.05) is 17.7 Å². The minimum absolute atomic E-state index is 0.0374. The Balaban J connectivity index is 1.11. The SMILES string of the molecule is COC(=O)Cc1cc(C2CC2)cn2cc(CNc3ccnc(NC(=O)[C@H]4C[C@@H]4c4cccc(Cl)c4)c3)nc12. The molecule has 0 aliphatic heterocycles. The number of halogens is 1. The van der Waals surface area contributed by atoms with Crippen LogP contribution in [0.15, 0.2) is 61.1 Å². The summed E-state index contributed by atoms with van der Waals surface area (Å²) in [5.41, 5.74) is 5.62. The number of benzene rings is 1. The van der Waals surface area contributed by atoms with E-state index in [2.05, 4.69) is 27.9 Å². The van der Waals surface area contributed by atoms with E-state index in [1.807, 2.05) is 47.0 Å². The lowest BCUT2D eigenvalue weighted by molar-refractivity contribution is -0.139. The van der Waals surface area contributed by atoms with Gasteiger partial charge in [-0.1, -0.05) is 23.7 Å². The maximum absolute atomic E-state index is 12.8. The van der Waals surface area contributed by atoms with E-state index in [1.54, 1.807) is 6.20 Å². The Kier molecular flexibility index (Phi) is 6.49. The van der Waals surface area contributed by atoms with Crippen molar-refractivity contribution in [3.8, 4) is 0 Å². The Bertz CT molecular complexity index is 1530. The molecule has 8 nitrogen and oxygen atoms in total. The van der Waals surface area contributed by atoms with Gasteiger partial charge in [0.15, 0.2) is 0 Å². The second kappa shape index (κ2) is 10.1. The van der Waals surface area contributed by atoms with E-state index >= 15 is 0 Å². The van der Waals surface area contributed by atoms with Crippen molar-refractivity contribution in [2.45, 2.75) is 44.1 Å². The number of ether oxygens (including phenoxy) is 1. The largest absolute Gasteiger partial charge is 0.469 e. The summed E-state index contributed by atoms with van der Waals surface area (Å²) in [6, 6.07) is 13.4. The highest BCUT2D eigenvalue weighted by molar-refractivity contribution is 6.30. The highest BCUT2D eigenvalue weighted by Gasteiger charge is 2.44. The normalized spacial score (nSPS) is 18.3. The molecule has 0 spiro atoms. The van der Waals surface area contributed by atoms with Crippen LogP contribution >= 0.6 is 11.6 Å². The van der Waals surface area contributed by atoms with E-state index in [1.165, 1.54) is 25.5 Å². The van der Waals surface area contributed by atoms with Crippen molar-refractivity contribution in [3.05, 3.63) is 88.5 Å². The summed E-state index contributed by atoms with van der Waals surface area (Å²) in [6.45, 7) is 0.481. The third kappa shape index (κ3) is 5.36. The minimum atomic E-state index is -0.279. The van der Waals surface area contributed by atoms with Gasteiger partial charge < -0.3 is 19.8 Å². The second-order valence-electron chi connectivity index (χ2n) is 10.1. The lowest BCUT2D eigenvalue weighted by Gasteiger charge is -2.08. The third-order valence-corrected chi connectivity index (χ3v) is 7.43. The second-order valence-corrected chi connectivity index (χ2v) is 10.5. The van der Waals surface area contributed by atoms with Crippen LogP contribution in [0.1, 0.15) is 53.5 Å². The molecule has 194 valence electrons. The number of esters is 1. The first-order valence-electron chi connectivity index (χ1n) is 12.8. The van der Waals surface area contributed by atoms with Crippen molar-refractivity contribution in [1.29, 1.82) is 0 Å². The molecule has 2 fully saturated rings. The maximum atomic E-state index is 12.8. The molecule has 4 aromatic rings. The van der Waals surface area contributed by atoms with E-state index in [0.717, 1.165) is 34.6 Å². The number of nitrogens with zero attached hydrogens (tertiary/aromatic N) is 3. The van der Waals surface area contributed by atoms with Gasteiger partial charge in [-0.25, -0.2) is 9.97 Å². The number of carbonyl (C=O) groups is 2. The van der Waals surface area contributed by atoms with Crippen LogP contribution in [0.2, 0.25) is 5.02 Å². The molecule has 2 aliphatic carbocycles. The molecule has 3 heterocycles. The quantitative estimate of drug-likeness (QED) is 0.284. The van der Waals surface area contributed by atoms with Gasteiger partial charge in [0.05, 0.1) is 25.8 Å². The fraction of sp³-hybridized carbons (Fsp3) is 0.310. The monoisotopic (exact) mass is 529 g/mol. The molecule has 6 rings (SSSR count). The third-order valence-electron chi connectivity index (χ3n) is 7.20. The number of pyridine rings is 2. The first-order valence-corrected chi connectivity index (χ1v) is 13.2. The van der Waals surface area contributed by atoms with Gasteiger partial charge in [-0.05, 0) is 66.5 Å². The van der Waals surface area contributed by atoms with Crippen molar-refractivity contribution in [2.24, 2.45) is 5.92 Å². The lowest BCUT2D eigenvalue weighted by atomic mass is 10.1. The Hall–Kier alpha value is -3.91. The number of nitrogens with one attached hydrogen (secondary N) is 2. The van der Waals surface area contributed by atoms with Crippen LogP contribution in [0.25, 0.3) is 5.65 Å². The predicted octanol–water partition coefficient (Wildman–Crippen LogP) is 5.33. The Morgan fingerprint density at radius 1 is 1.13 bits per heavy atom. The van der Waals surface area contributed by atoms with Gasteiger partial charge in [-0.15, -0.1) is 0 Å². The van der Waals surface area contributed by atoms with Crippen molar-refractivity contribution in [3.63, 3.8) is 0 Å². The van der Waals surface area contributed by atoms with Crippen LogP contribution in [0.5, 0.6) is 0 Å². The van der Waals surface area contributed by atoms with Crippen LogP contribution in [0, 0.1) is 5.92 Å². The summed E-state index contributed by atoms with van der Waals surface area (Å²) in [4.78, 5) is 33.9. The zero-order valence-corrected chi connectivity index (χ0v) is 21.7. The van der Waals surface area contributed by atoms with Gasteiger partial charge >= 0.3 is 5.97 Å². The molecule has 9 heteroatoms. The number of anilines is 2. The van der Waals surface area contributed by atoms with Crippen molar-refractivity contribution in [1.82, 2.24) is 14.4 Å². The molecule has 2 saturated carbocycles. The number of carbonyl (C=O) groups excluding carboxylic acids is 2. The molecule has 3 aromatic heterocycles. The van der Waals surface area contributed by atoms with Gasteiger partial charge in [-0.2, -0.15) is 0 Å². The number of amides is 1. The van der Waals surface area contributed by atoms with Crippen LogP contribution < -0.4 is 10.6 Å². The molecule has 2 aliphatic rings. The molecule has 0 radical (unpaired) electrons. The van der Waals surface area contributed by atoms with Crippen LogP contribution in [0.3, 0.4) is 0 Å². The fourth-order valence-corrected chi connectivity index (χ4v) is 5.14. The smallest absolute Gasteiger partial charge is 0.310 e. The first-order chi connectivity index (χ1) is 18.5. The zero-order valence-electron chi connectivity index (χ0n) is 21.0. The first kappa shape index (κ1) is 24.4. The summed E-state index contributed by atoms with van der Waals surface area (Å²) in [6.07, 6.45) is 9.11. The maximum Gasteiger partial charge on any atom is 0.310 e. The molecule has 0 bridgehead atoms. The fourth-order valence-electron chi connectivity index (χ4n) is 4.94. The molecule has 1 amide bonds. The van der Waals surface area contributed by atoms with E-state index in [0.29, 0.717) is 23.3 Å². The summed E-state index contributed by atoms with van der Waals surface area (Å²) in [5.74, 6) is 0.852. The lowest BCUT2D eigenvalue weighted by Crippen LogP contribution is -2.15. The average molecular weight is 530 g/mol. The Morgan fingerprint density at radius 3 is 2.79 bits per heavy atom. The molecule has 2 N–H and O–H groups in total. The molecule has 2 atom stereocenters. The number of methoxy groups -OCH3 is 1. The summed E-state index contributed by atoms with van der Waals surface area (Å²) < 4.78 is 6.90. The number of hydrogen-bond donors (Lipinski definition) is 2. The van der Waals surface area contributed by atoms with Crippen LogP contribution in [-0.4, -0.2) is 33.4 Å². The Labute approximate surface area is 225 Å². The summed E-state index contributed by atoms with van der Waals surface area (Å²) in [7, 11) is 1.40. The molecular formula is C29H28ClN5O3. The molecule has 1 aromatic carbocycles. The number of rotatable bonds is 9. The Morgan fingerprint density at radius 2 is 2.00 bits per heavy atom. The van der Waals surface area contributed by atoms with E-state index < -0.39 is 0 Å². The van der Waals surface area contributed by atoms with Gasteiger partial charge in [-0.3, -0.25) is 9.59 Å². The molecule has 0 saturated heterocycles. The topological polar surface area (TPSA) is 97.6 Å². The molecular weight excluding hydrogens is 502 g/mol. The van der Waals surface area contributed by atoms with Crippen molar-refractivity contribution >= 4 is 40.6 Å². The van der Waals surface area contributed by atoms with Crippen molar-refractivity contribution < 1.29 is 14.3 Å². The van der Waals surface area contributed by atoms with Gasteiger partial charge in [0.1, 0.15) is 11.5 Å². The number of aromatic nitrogens is 3. The number of hydrogen-bond acceptors (Lipinski definition) is 6. The zero-order chi connectivity index (χ0) is 26.2. The minimum Gasteiger partial charge on any atom is -0.469 e. The van der Waals surface area contributed by atoms with Gasteiger partial charge in [0.25, 0.3) is 0 Å². The van der Waals surface area contributed by atoms with Gasteiger partial charge in [0, 0.05) is 46.8 Å². The van der Waals surface area contributed by atoms with Crippen LogP contribution in [-0.2, 0) is 27.3 Å². The van der Waals surface area contributed by atoms with Crippen LogP contribution in [0.4, 0.5) is 11.5 Å². The summed E-state index contributed by atoms with van der Waals surface area (Å²) >= 11 is 6.10. The van der Waals surface area contributed by atoms with Gasteiger partial charge in [0.2, 0.25) is 5.91 Å². The number of imidazole rings is 1. The van der Waals surface area contributed by atoms with E-state index in [-0.39, 0.29) is 30.1 Å². The standard InChI is InChI=1S/C29H28ClN5O3/c1-38-27(36)11-19-9-20(17-5-6-17)15-35-16-23(33-28(19)35)14-32-22-7-8-31-26(12-22)34-29(37)25-13-24(25)18-3-2-4-21(30)10-18/h2-4,7-10,12,15-17,24-25H,5-6,11,13-14H2,1H3,(H2,31,32,34,37)/t24-,25+/m1/s1. The predicted molar refractivity (Wildman–Crippen MR) is 145 cm³/mol. The number of fused-ring (bicyclic) bond motifs is 1.